The Kier molecular flexibility index (Phi) is 10.1. The van der Waals surface area contributed by atoms with Gasteiger partial charge in [0.25, 0.3) is 6.71 Å². The predicted octanol–water partition coefficient (Wildman–Crippen LogP) is 16.2. The first-order valence-corrected chi connectivity index (χ1v) is 25.3. The Balaban J connectivity index is 1.31. The van der Waals surface area contributed by atoms with Crippen molar-refractivity contribution in [1.29, 1.82) is 0 Å². The molecular formula is C64H68BN3O. The van der Waals surface area contributed by atoms with Gasteiger partial charge in [0.05, 0.1) is 17.0 Å². The summed E-state index contributed by atoms with van der Waals surface area (Å²) in [7, 11) is 0. The minimum atomic E-state index is -0.178. The smallest absolute Gasteiger partial charge is 0.297 e. The Morgan fingerprint density at radius 2 is 0.942 bits per heavy atom. The van der Waals surface area contributed by atoms with Gasteiger partial charge in [0.2, 0.25) is 0 Å². The van der Waals surface area contributed by atoms with Crippen molar-refractivity contribution in [3.8, 4) is 0 Å². The van der Waals surface area contributed by atoms with E-state index in [1.807, 2.05) is 0 Å². The molecule has 69 heavy (non-hydrogen) atoms. The van der Waals surface area contributed by atoms with Gasteiger partial charge in [0, 0.05) is 45.2 Å². The molecule has 2 aliphatic heterocycles. The number of hydrogen-bond donors (Lipinski definition) is 0. The summed E-state index contributed by atoms with van der Waals surface area (Å²) >= 11 is 0. The Morgan fingerprint density at radius 3 is 1.45 bits per heavy atom. The highest BCUT2D eigenvalue weighted by Crippen LogP contribution is 2.53. The normalized spacial score (nSPS) is 15.9. The van der Waals surface area contributed by atoms with Crippen LogP contribution in [-0.2, 0) is 27.1 Å². The first kappa shape index (κ1) is 45.0. The van der Waals surface area contributed by atoms with Crippen molar-refractivity contribution in [3.63, 3.8) is 0 Å². The van der Waals surface area contributed by atoms with Crippen LogP contribution in [-0.4, -0.2) is 6.71 Å². The summed E-state index contributed by atoms with van der Waals surface area (Å²) in [6.45, 7) is 30.4. The highest BCUT2D eigenvalue weighted by atomic mass is 16.3. The quantitative estimate of drug-likeness (QED) is 0.161. The van der Waals surface area contributed by atoms with Crippen LogP contribution in [0.5, 0.6) is 0 Å². The maximum atomic E-state index is 7.47. The summed E-state index contributed by atoms with van der Waals surface area (Å²) in [4.78, 5) is 7.58. The largest absolute Gasteiger partial charge is 0.468 e. The number of fused-ring (bicyclic) bond motifs is 7. The molecule has 3 aliphatic rings. The van der Waals surface area contributed by atoms with Crippen molar-refractivity contribution in [2.75, 3.05) is 14.7 Å². The second kappa shape index (κ2) is 15.5. The van der Waals surface area contributed by atoms with E-state index in [-0.39, 0.29) is 33.8 Å². The topological polar surface area (TPSA) is 22.9 Å². The van der Waals surface area contributed by atoms with Gasteiger partial charge in [-0.2, -0.15) is 0 Å². The molecular weight excluding hydrogens is 838 g/mol. The van der Waals surface area contributed by atoms with E-state index in [4.69, 9.17) is 4.42 Å². The van der Waals surface area contributed by atoms with E-state index < -0.39 is 0 Å². The van der Waals surface area contributed by atoms with Crippen molar-refractivity contribution in [2.24, 2.45) is 0 Å². The van der Waals surface area contributed by atoms with Crippen molar-refractivity contribution in [2.45, 2.75) is 130 Å². The molecule has 0 amide bonds. The molecule has 0 saturated heterocycles. The number of furan rings is 1. The second-order valence-electron chi connectivity index (χ2n) is 24.6. The summed E-state index contributed by atoms with van der Waals surface area (Å²) in [5.74, 6) is 0. The summed E-state index contributed by atoms with van der Waals surface area (Å²) in [6, 6.07) is 57.5. The van der Waals surface area contributed by atoms with E-state index in [1.165, 1.54) is 44.4 Å². The summed E-state index contributed by atoms with van der Waals surface area (Å²) in [5, 5.41) is 1.14. The van der Waals surface area contributed by atoms with Crippen molar-refractivity contribution >= 4 is 85.5 Å². The molecule has 0 unspecified atom stereocenters. The van der Waals surface area contributed by atoms with Crippen LogP contribution in [0.3, 0.4) is 0 Å². The van der Waals surface area contributed by atoms with Gasteiger partial charge in [-0.1, -0.05) is 163 Å². The Labute approximate surface area is 412 Å². The molecule has 0 atom stereocenters. The molecule has 3 heterocycles. The van der Waals surface area contributed by atoms with Gasteiger partial charge in [0.15, 0.2) is 0 Å². The van der Waals surface area contributed by atoms with Gasteiger partial charge in [-0.3, -0.25) is 0 Å². The zero-order valence-electron chi connectivity index (χ0n) is 43.2. The lowest BCUT2D eigenvalue weighted by Gasteiger charge is -2.47. The van der Waals surface area contributed by atoms with E-state index in [0.29, 0.717) is 0 Å². The highest BCUT2D eigenvalue weighted by molar-refractivity contribution is 7.00. The Bertz CT molecular complexity index is 3230. The third kappa shape index (κ3) is 7.42. The van der Waals surface area contributed by atoms with Crippen LogP contribution in [0.4, 0.5) is 51.2 Å². The first-order valence-electron chi connectivity index (χ1n) is 25.3. The third-order valence-corrected chi connectivity index (χ3v) is 15.8. The Hall–Kier alpha value is -6.46. The van der Waals surface area contributed by atoms with Crippen LogP contribution in [0.15, 0.2) is 156 Å². The molecule has 5 heteroatoms. The molecule has 7 aromatic carbocycles. The highest BCUT2D eigenvalue weighted by Gasteiger charge is 2.49. The van der Waals surface area contributed by atoms with Crippen LogP contribution < -0.4 is 31.3 Å². The predicted molar refractivity (Wildman–Crippen MR) is 296 cm³/mol. The van der Waals surface area contributed by atoms with Gasteiger partial charge >= 0.3 is 0 Å². The van der Waals surface area contributed by atoms with Crippen LogP contribution in [0.25, 0.3) is 11.0 Å². The fraction of sp³-hybridized carbons (Fsp3) is 0.312. The minimum Gasteiger partial charge on any atom is -0.468 e. The fourth-order valence-electron chi connectivity index (χ4n) is 11.5. The summed E-state index contributed by atoms with van der Waals surface area (Å²) in [6.07, 6.45) is 2.27. The second-order valence-corrected chi connectivity index (χ2v) is 24.6. The van der Waals surface area contributed by atoms with Gasteiger partial charge in [-0.15, -0.1) is 0 Å². The maximum absolute atomic E-state index is 7.47. The average molecular weight is 906 g/mol. The zero-order valence-corrected chi connectivity index (χ0v) is 43.2. The number of nitrogens with zero attached hydrogens (tertiary/aromatic N) is 3. The SMILES string of the molecule is CC(C)(C)c1ccc(N2c3cc4c(cc3B3c5oc6ccc(C(C)(C)C)cc6c5N(c5ccc(C(C)(C)C)cc5)c5cc(N(c6ccccc6)c6ccccc6)cc2c53)C(C)(C)CCC4(C)C)cc1. The van der Waals surface area contributed by atoms with E-state index in [2.05, 4.69) is 256 Å². The van der Waals surface area contributed by atoms with Crippen LogP contribution in [0.1, 0.15) is 131 Å². The van der Waals surface area contributed by atoms with Crippen molar-refractivity contribution < 1.29 is 4.42 Å². The lowest BCUT2D eigenvalue weighted by Crippen LogP contribution is -2.61. The molecule has 0 radical (unpaired) electrons. The minimum absolute atomic E-state index is 0.000186. The number of benzene rings is 7. The third-order valence-electron chi connectivity index (χ3n) is 15.8. The fourth-order valence-corrected chi connectivity index (χ4v) is 11.5. The van der Waals surface area contributed by atoms with E-state index in [0.717, 1.165) is 75.0 Å². The van der Waals surface area contributed by atoms with E-state index in [9.17, 15) is 0 Å². The number of anilines is 9. The van der Waals surface area contributed by atoms with Gasteiger partial charge in [0.1, 0.15) is 5.58 Å². The van der Waals surface area contributed by atoms with Crippen molar-refractivity contribution in [3.05, 3.63) is 179 Å². The number of rotatable bonds is 5. The van der Waals surface area contributed by atoms with Gasteiger partial charge in [-0.25, -0.2) is 0 Å². The molecule has 348 valence electrons. The van der Waals surface area contributed by atoms with Crippen LogP contribution >= 0.6 is 0 Å². The molecule has 0 bridgehead atoms. The maximum Gasteiger partial charge on any atom is 0.297 e. The molecule has 1 aliphatic carbocycles. The van der Waals surface area contributed by atoms with E-state index >= 15 is 0 Å². The molecule has 8 aromatic rings. The van der Waals surface area contributed by atoms with Crippen LogP contribution in [0.2, 0.25) is 0 Å². The lowest BCUT2D eigenvalue weighted by molar-refractivity contribution is 0.332. The molecule has 4 nitrogen and oxygen atoms in total. The average Bonchev–Trinajstić information content (AvgIpc) is 3.69. The molecule has 0 saturated carbocycles. The van der Waals surface area contributed by atoms with E-state index in [1.54, 1.807) is 0 Å². The number of hydrogen-bond acceptors (Lipinski definition) is 4. The van der Waals surface area contributed by atoms with Gasteiger partial charge < -0.3 is 19.1 Å². The standard InChI is InChI=1S/C64H68BN3O/c1-60(2,3)41-24-29-46(30-25-41)67-53-40-51-50(63(10,11)34-35-64(51,12)13)39-52(53)65-57-54(67)37-48(66(44-20-16-14-17-21-44)45-22-18-15-19-23-45)38-55(57)68(47-31-26-42(27-32-47)61(4,5)6)58-49-36-43(62(7,8)9)28-33-56(49)69-59(58)65/h14-33,36-40H,34-35H2,1-13H3. The molecule has 11 rings (SSSR count). The molecule has 0 spiro atoms. The molecule has 0 fully saturated rings. The molecule has 1 aromatic heterocycles. The summed E-state index contributed by atoms with van der Waals surface area (Å²) < 4.78 is 7.47. The zero-order chi connectivity index (χ0) is 48.6. The lowest BCUT2D eigenvalue weighted by atomic mass is 9.35. The van der Waals surface area contributed by atoms with Crippen molar-refractivity contribution in [1.82, 2.24) is 0 Å². The van der Waals surface area contributed by atoms with Crippen LogP contribution in [0, 0.1) is 0 Å². The molecule has 0 N–H and O–H groups in total. The first-order chi connectivity index (χ1) is 32.6. The monoisotopic (exact) mass is 906 g/mol. The summed E-state index contributed by atoms with van der Waals surface area (Å²) in [5.41, 5.74) is 21.4. The van der Waals surface area contributed by atoms with Gasteiger partial charge in [-0.05, 0) is 158 Å². The Morgan fingerprint density at radius 1 is 0.478 bits per heavy atom. The number of para-hydroxylation sites is 2.